The van der Waals surface area contributed by atoms with E-state index in [1.54, 1.807) is 0 Å². The van der Waals surface area contributed by atoms with Crippen molar-refractivity contribution in [2.24, 2.45) is 0 Å². The predicted octanol–water partition coefficient (Wildman–Crippen LogP) is 1.16. The molecule has 0 spiro atoms. The van der Waals surface area contributed by atoms with Gasteiger partial charge in [-0.3, -0.25) is 9.69 Å². The Morgan fingerprint density at radius 1 is 0.900 bits per heavy atom. The molecule has 4 rings (SSSR count). The molecule has 0 atom stereocenters. The molecule has 2 fully saturated rings. The van der Waals surface area contributed by atoms with Crippen LogP contribution in [0.4, 0.5) is 11.6 Å². The fraction of sp³-hybridized carbons (Fsp3) is 0.476. The summed E-state index contributed by atoms with van der Waals surface area (Å²) in [4.78, 5) is 21.3. The quantitative estimate of drug-likeness (QED) is 0.591. The smallest absolute Gasteiger partial charge is 0.254 e. The number of carbonyl (C=O) groups excluding carboxylic acids is 1. The van der Waals surface area contributed by atoms with Crippen molar-refractivity contribution in [1.82, 2.24) is 20.0 Å². The second kappa shape index (κ2) is 9.88. The number of carbonyl (C=O) groups is 1. The number of hydrogen-bond acceptors (Lipinski definition) is 7. The van der Waals surface area contributed by atoms with Crippen LogP contribution in [0.15, 0.2) is 36.4 Å². The van der Waals surface area contributed by atoms with E-state index in [1.807, 2.05) is 41.3 Å². The normalized spacial score (nSPS) is 18.0. The van der Waals surface area contributed by atoms with Crippen molar-refractivity contribution < 1.29 is 9.90 Å². The number of hydrogen-bond donors (Lipinski definition) is 1. The summed E-state index contributed by atoms with van der Waals surface area (Å²) in [6.45, 7) is 7.46. The fourth-order valence-electron chi connectivity index (χ4n) is 3.94. The molecule has 2 aliphatic rings. The third-order valence-corrected chi connectivity index (χ3v) is 6.38. The van der Waals surface area contributed by atoms with E-state index in [1.165, 1.54) is 0 Å². The Bertz CT molecular complexity index is 849. The molecule has 1 N–H and O–H groups in total. The highest BCUT2D eigenvalue weighted by atomic mass is 127. The Morgan fingerprint density at radius 2 is 1.50 bits per heavy atom. The Balaban J connectivity index is 1.30. The van der Waals surface area contributed by atoms with Crippen LogP contribution in [0.25, 0.3) is 0 Å². The Kier molecular flexibility index (Phi) is 7.00. The molecule has 2 aliphatic heterocycles. The molecular weight excluding hydrogens is 495 g/mol. The van der Waals surface area contributed by atoms with Gasteiger partial charge in [0.05, 0.1) is 6.61 Å². The fourth-order valence-corrected chi connectivity index (χ4v) is 4.48. The van der Waals surface area contributed by atoms with E-state index in [0.29, 0.717) is 13.1 Å². The highest BCUT2D eigenvalue weighted by Crippen LogP contribution is 2.19. The number of amides is 1. The topological polar surface area (TPSA) is 76.0 Å². The van der Waals surface area contributed by atoms with Crippen molar-refractivity contribution in [1.29, 1.82) is 0 Å². The summed E-state index contributed by atoms with van der Waals surface area (Å²) in [6.07, 6.45) is 0. The number of nitrogens with zero attached hydrogens (tertiary/aromatic N) is 6. The van der Waals surface area contributed by atoms with Crippen molar-refractivity contribution in [2.45, 2.75) is 0 Å². The molecular formula is C21H27IN6O2. The number of β-amino-alcohol motifs (C(OH)–C–C–N with tert-alkyl or cyclic N) is 1. The number of halogens is 1. The van der Waals surface area contributed by atoms with Gasteiger partial charge < -0.3 is 19.8 Å². The van der Waals surface area contributed by atoms with Crippen molar-refractivity contribution in [2.75, 3.05) is 75.3 Å². The van der Waals surface area contributed by atoms with Crippen LogP contribution in [-0.4, -0.2) is 96.5 Å². The number of piperazine rings is 2. The molecule has 9 heteroatoms. The Labute approximate surface area is 190 Å². The standard InChI is InChI=1S/C21H27IN6O2/c22-18-3-1-2-17(16-18)21(30)28-12-10-27(11-13-28)20-5-4-19(23-24-20)26-8-6-25(7-9-26)14-15-29/h1-5,16,29H,6-15H2. The second-order valence-electron chi connectivity index (χ2n) is 7.59. The van der Waals surface area contributed by atoms with Gasteiger partial charge in [0.2, 0.25) is 0 Å². The van der Waals surface area contributed by atoms with E-state index in [-0.39, 0.29) is 12.5 Å². The lowest BCUT2D eigenvalue weighted by atomic mass is 10.2. The first kappa shape index (κ1) is 21.3. The number of rotatable bonds is 5. The number of aliphatic hydroxyl groups excluding tert-OH is 1. The number of anilines is 2. The minimum Gasteiger partial charge on any atom is -0.395 e. The van der Waals surface area contributed by atoms with E-state index in [4.69, 9.17) is 5.11 Å². The van der Waals surface area contributed by atoms with Gasteiger partial charge >= 0.3 is 0 Å². The van der Waals surface area contributed by atoms with Crippen molar-refractivity contribution >= 4 is 40.1 Å². The van der Waals surface area contributed by atoms with Gasteiger partial charge in [-0.25, -0.2) is 0 Å². The van der Waals surface area contributed by atoms with Gasteiger partial charge in [0.1, 0.15) is 0 Å². The van der Waals surface area contributed by atoms with E-state index in [0.717, 1.165) is 66.6 Å². The summed E-state index contributed by atoms with van der Waals surface area (Å²) in [5.41, 5.74) is 0.749. The number of aromatic nitrogens is 2. The van der Waals surface area contributed by atoms with Gasteiger partial charge in [-0.1, -0.05) is 6.07 Å². The molecule has 8 nitrogen and oxygen atoms in total. The van der Waals surface area contributed by atoms with Crippen LogP contribution in [0.1, 0.15) is 10.4 Å². The van der Waals surface area contributed by atoms with Crippen LogP contribution >= 0.6 is 22.6 Å². The average molecular weight is 522 g/mol. The summed E-state index contributed by atoms with van der Waals surface area (Å²) in [6, 6.07) is 11.8. The zero-order valence-electron chi connectivity index (χ0n) is 17.0. The average Bonchev–Trinajstić information content (AvgIpc) is 2.80. The van der Waals surface area contributed by atoms with Crippen LogP contribution in [-0.2, 0) is 0 Å². The van der Waals surface area contributed by atoms with Crippen molar-refractivity contribution in [3.8, 4) is 0 Å². The van der Waals surface area contributed by atoms with Gasteiger partial charge in [0.15, 0.2) is 11.6 Å². The maximum absolute atomic E-state index is 12.7. The van der Waals surface area contributed by atoms with E-state index >= 15 is 0 Å². The summed E-state index contributed by atoms with van der Waals surface area (Å²) in [5.74, 6) is 1.85. The Morgan fingerprint density at radius 3 is 2.03 bits per heavy atom. The molecule has 0 saturated carbocycles. The number of aliphatic hydroxyl groups is 1. The van der Waals surface area contributed by atoms with E-state index in [9.17, 15) is 4.79 Å². The maximum Gasteiger partial charge on any atom is 0.254 e. The van der Waals surface area contributed by atoms with E-state index < -0.39 is 0 Å². The molecule has 1 aromatic heterocycles. The van der Waals surface area contributed by atoms with E-state index in [2.05, 4.69) is 47.5 Å². The van der Waals surface area contributed by atoms with Crippen LogP contribution in [0.3, 0.4) is 0 Å². The second-order valence-corrected chi connectivity index (χ2v) is 8.84. The van der Waals surface area contributed by atoms with Crippen molar-refractivity contribution in [3.05, 3.63) is 45.5 Å². The van der Waals surface area contributed by atoms with Crippen LogP contribution < -0.4 is 9.80 Å². The van der Waals surface area contributed by atoms with Gasteiger partial charge in [-0.05, 0) is 52.9 Å². The maximum atomic E-state index is 12.7. The summed E-state index contributed by atoms with van der Waals surface area (Å²) < 4.78 is 1.07. The van der Waals surface area contributed by atoms with Gasteiger partial charge in [0, 0.05) is 68.0 Å². The van der Waals surface area contributed by atoms with Crippen LogP contribution in [0.2, 0.25) is 0 Å². The van der Waals surface area contributed by atoms with Gasteiger partial charge in [0.25, 0.3) is 5.91 Å². The molecule has 0 aliphatic carbocycles. The van der Waals surface area contributed by atoms with Crippen molar-refractivity contribution in [3.63, 3.8) is 0 Å². The first-order chi connectivity index (χ1) is 14.6. The third kappa shape index (κ3) is 5.01. The lowest BCUT2D eigenvalue weighted by molar-refractivity contribution is 0.0746. The zero-order valence-corrected chi connectivity index (χ0v) is 19.1. The van der Waals surface area contributed by atoms with Gasteiger partial charge in [-0.15, -0.1) is 10.2 Å². The molecule has 0 radical (unpaired) electrons. The lowest BCUT2D eigenvalue weighted by Gasteiger charge is -2.36. The summed E-state index contributed by atoms with van der Waals surface area (Å²) >= 11 is 2.23. The Hall–Kier alpha value is -1.98. The SMILES string of the molecule is O=C(c1cccc(I)c1)N1CCN(c2ccc(N3CCN(CCO)CC3)nn2)CC1. The number of benzene rings is 1. The molecule has 0 unspecified atom stereocenters. The molecule has 2 aromatic rings. The molecule has 2 saturated heterocycles. The first-order valence-electron chi connectivity index (χ1n) is 10.4. The summed E-state index contributed by atoms with van der Waals surface area (Å²) in [5, 5.41) is 18.0. The molecule has 3 heterocycles. The monoisotopic (exact) mass is 522 g/mol. The van der Waals surface area contributed by atoms with Gasteiger partial charge in [-0.2, -0.15) is 0 Å². The molecule has 1 aromatic carbocycles. The molecule has 160 valence electrons. The third-order valence-electron chi connectivity index (χ3n) is 5.71. The van der Waals surface area contributed by atoms with Crippen LogP contribution in [0.5, 0.6) is 0 Å². The molecule has 0 bridgehead atoms. The van der Waals surface area contributed by atoms with Crippen LogP contribution in [0, 0.1) is 3.57 Å². The summed E-state index contributed by atoms with van der Waals surface area (Å²) in [7, 11) is 0. The zero-order chi connectivity index (χ0) is 20.9. The largest absolute Gasteiger partial charge is 0.395 e. The molecule has 1 amide bonds. The first-order valence-corrected chi connectivity index (χ1v) is 11.4. The minimum atomic E-state index is 0.0925. The molecule has 30 heavy (non-hydrogen) atoms. The predicted molar refractivity (Wildman–Crippen MR) is 125 cm³/mol. The highest BCUT2D eigenvalue weighted by molar-refractivity contribution is 14.1. The highest BCUT2D eigenvalue weighted by Gasteiger charge is 2.24. The minimum absolute atomic E-state index is 0.0925. The lowest BCUT2D eigenvalue weighted by Crippen LogP contribution is -2.49.